The topological polar surface area (TPSA) is 126 Å². The maximum absolute atomic E-state index is 14.5. The summed E-state index contributed by atoms with van der Waals surface area (Å²) in [4.78, 5) is 20.7. The van der Waals surface area contributed by atoms with Gasteiger partial charge in [-0.25, -0.2) is 19.2 Å². The lowest BCUT2D eigenvalue weighted by Gasteiger charge is -2.30. The summed E-state index contributed by atoms with van der Waals surface area (Å²) in [6.45, 7) is 2.41. The lowest BCUT2D eigenvalue weighted by atomic mass is 10.1. The molecule has 3 rings (SSSR count). The maximum atomic E-state index is 14.5. The highest BCUT2D eigenvalue weighted by atomic mass is 19.1. The van der Waals surface area contributed by atoms with Crippen molar-refractivity contribution in [2.24, 2.45) is 0 Å². The second kappa shape index (κ2) is 10.1. The minimum atomic E-state index is -0.977. The van der Waals surface area contributed by atoms with Crippen molar-refractivity contribution < 1.29 is 33.6 Å². The number of aliphatic hydroxyl groups excluding tert-OH is 1. The van der Waals surface area contributed by atoms with Gasteiger partial charge in [-0.3, -0.25) is 0 Å². The van der Waals surface area contributed by atoms with Crippen LogP contribution in [-0.4, -0.2) is 70.7 Å². The van der Waals surface area contributed by atoms with Gasteiger partial charge >= 0.3 is 6.09 Å². The molecule has 11 heteroatoms. The largest absolute Gasteiger partial charge is 0.490 e. The highest BCUT2D eigenvalue weighted by Gasteiger charge is 2.27. The van der Waals surface area contributed by atoms with Crippen LogP contribution in [0.4, 0.5) is 20.7 Å². The van der Waals surface area contributed by atoms with Gasteiger partial charge < -0.3 is 34.6 Å². The number of aliphatic hydroxyl groups is 1. The summed E-state index contributed by atoms with van der Waals surface area (Å²) in [5, 5.41) is 21.0. The van der Waals surface area contributed by atoms with Crippen LogP contribution in [0, 0.1) is 12.7 Å². The van der Waals surface area contributed by atoms with Crippen LogP contribution in [0.25, 0.3) is 0 Å². The molecule has 1 aliphatic heterocycles. The number of aryl methyl sites for hydroxylation is 1. The van der Waals surface area contributed by atoms with E-state index in [1.165, 1.54) is 12.0 Å². The van der Waals surface area contributed by atoms with E-state index in [0.29, 0.717) is 43.2 Å². The van der Waals surface area contributed by atoms with Crippen molar-refractivity contribution in [3.63, 3.8) is 0 Å². The molecule has 0 atom stereocenters. The van der Waals surface area contributed by atoms with E-state index in [2.05, 4.69) is 15.3 Å². The Hall–Kier alpha value is -3.34. The second-order valence-corrected chi connectivity index (χ2v) is 6.88. The molecule has 2 aromatic heterocycles. The zero-order valence-corrected chi connectivity index (χ0v) is 17.3. The van der Waals surface area contributed by atoms with Crippen LogP contribution in [0.15, 0.2) is 18.3 Å². The third kappa shape index (κ3) is 5.43. The third-order valence-corrected chi connectivity index (χ3v) is 4.80. The zero-order valence-electron chi connectivity index (χ0n) is 17.3. The molecule has 0 unspecified atom stereocenters. The number of halogens is 1. The number of carboxylic acid groups (broad SMARTS) is 1. The zero-order chi connectivity index (χ0) is 22.4. The van der Waals surface area contributed by atoms with Crippen LogP contribution in [0.3, 0.4) is 0 Å². The van der Waals surface area contributed by atoms with Crippen LogP contribution in [-0.2, 0) is 0 Å². The summed E-state index contributed by atoms with van der Waals surface area (Å²) in [6, 6.07) is 3.36. The molecule has 3 heterocycles. The van der Waals surface area contributed by atoms with E-state index < -0.39 is 11.9 Å². The fraction of sp³-hybridized carbons (Fsp3) is 0.450. The fourth-order valence-corrected chi connectivity index (χ4v) is 3.20. The van der Waals surface area contributed by atoms with Crippen molar-refractivity contribution in [1.29, 1.82) is 0 Å². The van der Waals surface area contributed by atoms with E-state index in [4.69, 9.17) is 24.4 Å². The number of nitrogens with one attached hydrogen (secondary N) is 1. The third-order valence-electron chi connectivity index (χ3n) is 4.80. The number of rotatable bonds is 8. The molecule has 1 aliphatic rings. The van der Waals surface area contributed by atoms with Crippen molar-refractivity contribution in [1.82, 2.24) is 14.9 Å². The number of aromatic nitrogens is 2. The predicted octanol–water partition coefficient (Wildman–Crippen LogP) is 2.57. The molecular weight excluding hydrogens is 411 g/mol. The molecule has 0 bridgehead atoms. The van der Waals surface area contributed by atoms with Gasteiger partial charge in [-0.1, -0.05) is 0 Å². The molecule has 0 aromatic carbocycles. The quantitative estimate of drug-likeness (QED) is 0.572. The van der Waals surface area contributed by atoms with E-state index in [-0.39, 0.29) is 36.6 Å². The number of carbonyl (C=O) groups is 1. The second-order valence-electron chi connectivity index (χ2n) is 6.88. The highest BCUT2D eigenvalue weighted by molar-refractivity contribution is 5.68. The maximum Gasteiger partial charge on any atom is 0.407 e. The van der Waals surface area contributed by atoms with E-state index in [9.17, 15) is 9.18 Å². The first-order valence-electron chi connectivity index (χ1n) is 9.78. The number of piperidine rings is 1. The van der Waals surface area contributed by atoms with Gasteiger partial charge in [0.25, 0.3) is 0 Å². The standard InChI is InChI=1S/C20H25FN4O6/c1-12-15(3-4-16(23-12)30-10-9-26)24-19-18(29-2)17(14(21)11-22-19)31-13-5-7-25(8-6-13)20(27)28/h3-4,11,13,26H,5-10H2,1-2H3,(H,22,24)(H,27,28). The van der Waals surface area contributed by atoms with Gasteiger partial charge in [-0.05, 0) is 13.0 Å². The molecule has 0 saturated carbocycles. The molecule has 10 nitrogen and oxygen atoms in total. The van der Waals surface area contributed by atoms with Gasteiger partial charge in [0, 0.05) is 32.0 Å². The smallest absolute Gasteiger partial charge is 0.407 e. The Balaban J connectivity index is 1.77. The molecule has 1 fully saturated rings. The monoisotopic (exact) mass is 436 g/mol. The van der Waals surface area contributed by atoms with Crippen LogP contribution in [0.2, 0.25) is 0 Å². The van der Waals surface area contributed by atoms with Crippen LogP contribution in [0.5, 0.6) is 17.4 Å². The number of hydrogen-bond acceptors (Lipinski definition) is 8. The van der Waals surface area contributed by atoms with E-state index in [1.807, 2.05) is 0 Å². The molecule has 0 radical (unpaired) electrons. The molecular formula is C20H25FN4O6. The molecule has 3 N–H and O–H groups in total. The van der Waals surface area contributed by atoms with Crippen molar-refractivity contribution in [2.75, 3.05) is 38.7 Å². The first-order chi connectivity index (χ1) is 14.9. The first-order valence-corrected chi connectivity index (χ1v) is 9.78. The molecule has 2 aromatic rings. The molecule has 1 amide bonds. The van der Waals surface area contributed by atoms with Gasteiger partial charge in [0.2, 0.25) is 17.4 Å². The summed E-state index contributed by atoms with van der Waals surface area (Å²) in [5.41, 5.74) is 1.21. The lowest BCUT2D eigenvalue weighted by molar-refractivity contribution is 0.0854. The van der Waals surface area contributed by atoms with Crippen molar-refractivity contribution >= 4 is 17.6 Å². The number of anilines is 2. The number of nitrogens with zero attached hydrogens (tertiary/aromatic N) is 3. The van der Waals surface area contributed by atoms with Crippen LogP contribution >= 0.6 is 0 Å². The Bertz CT molecular complexity index is 921. The van der Waals surface area contributed by atoms with Gasteiger partial charge in [0.05, 0.1) is 31.3 Å². The van der Waals surface area contributed by atoms with Gasteiger partial charge in [-0.15, -0.1) is 0 Å². The van der Waals surface area contributed by atoms with E-state index in [0.717, 1.165) is 6.20 Å². The van der Waals surface area contributed by atoms with Gasteiger partial charge in [0.1, 0.15) is 12.7 Å². The van der Waals surface area contributed by atoms with Crippen molar-refractivity contribution in [3.05, 3.63) is 29.8 Å². The Labute approximate surface area is 178 Å². The van der Waals surface area contributed by atoms with E-state index in [1.54, 1.807) is 19.1 Å². The average molecular weight is 436 g/mol. The Kier molecular flexibility index (Phi) is 7.29. The number of pyridine rings is 2. The number of ether oxygens (including phenoxy) is 3. The SMILES string of the molecule is COc1c(Nc2ccc(OCCO)nc2C)ncc(F)c1OC1CCN(C(=O)O)CC1. The average Bonchev–Trinajstić information content (AvgIpc) is 2.76. The lowest BCUT2D eigenvalue weighted by Crippen LogP contribution is -2.41. The minimum absolute atomic E-state index is 0.0812. The van der Waals surface area contributed by atoms with Crippen molar-refractivity contribution in [3.8, 4) is 17.4 Å². The summed E-state index contributed by atoms with van der Waals surface area (Å²) >= 11 is 0. The molecule has 0 aliphatic carbocycles. The normalized spacial score (nSPS) is 14.3. The Morgan fingerprint density at radius 1 is 1.32 bits per heavy atom. The molecule has 1 saturated heterocycles. The van der Waals surface area contributed by atoms with Crippen LogP contribution < -0.4 is 19.5 Å². The summed E-state index contributed by atoms with van der Waals surface area (Å²) < 4.78 is 31.0. The van der Waals surface area contributed by atoms with E-state index >= 15 is 0 Å². The van der Waals surface area contributed by atoms with Crippen LogP contribution in [0.1, 0.15) is 18.5 Å². The fourth-order valence-electron chi connectivity index (χ4n) is 3.20. The van der Waals surface area contributed by atoms with Crippen molar-refractivity contribution in [2.45, 2.75) is 25.9 Å². The molecule has 0 spiro atoms. The van der Waals surface area contributed by atoms with Gasteiger partial charge in [0.15, 0.2) is 11.6 Å². The highest BCUT2D eigenvalue weighted by Crippen LogP contribution is 2.39. The first kappa shape index (κ1) is 22.3. The predicted molar refractivity (Wildman–Crippen MR) is 109 cm³/mol. The summed E-state index contributed by atoms with van der Waals surface area (Å²) in [7, 11) is 1.39. The number of hydrogen-bond donors (Lipinski definition) is 3. The number of likely N-dealkylation sites (tertiary alicyclic amines) is 1. The minimum Gasteiger partial charge on any atom is -0.490 e. The number of methoxy groups -OCH3 is 1. The molecule has 168 valence electrons. The number of amides is 1. The van der Waals surface area contributed by atoms with Gasteiger partial charge in [-0.2, -0.15) is 0 Å². The Morgan fingerprint density at radius 2 is 2.06 bits per heavy atom. The summed E-state index contributed by atoms with van der Waals surface area (Å²) in [5.74, 6) is -0.0442. The molecule has 31 heavy (non-hydrogen) atoms. The Morgan fingerprint density at radius 3 is 2.68 bits per heavy atom. The summed E-state index contributed by atoms with van der Waals surface area (Å²) in [6.07, 6.45) is 0.597.